The Bertz CT molecular complexity index is 461. The smallest absolute Gasteiger partial charge is 0.220 e. The van der Waals surface area contributed by atoms with Crippen LogP contribution in [0.2, 0.25) is 0 Å². The molecule has 1 aliphatic rings. The van der Waals surface area contributed by atoms with Crippen LogP contribution in [0.4, 0.5) is 0 Å². The van der Waals surface area contributed by atoms with Crippen LogP contribution in [0.25, 0.3) is 0 Å². The summed E-state index contributed by atoms with van der Waals surface area (Å²) in [6.07, 6.45) is 3.12. The summed E-state index contributed by atoms with van der Waals surface area (Å²) in [5.74, 6) is 1.82. The van der Waals surface area contributed by atoms with Gasteiger partial charge in [-0.15, -0.1) is 0 Å². The SMILES string of the molecule is CC(C)c1ccc(CNC(=O)CC(C)C2CCCNC2)cc1. The molecule has 0 aromatic heterocycles. The van der Waals surface area contributed by atoms with Crippen molar-refractivity contribution in [2.45, 2.75) is 52.5 Å². The number of benzene rings is 1. The average Bonchev–Trinajstić information content (AvgIpc) is 2.54. The Morgan fingerprint density at radius 2 is 2.00 bits per heavy atom. The van der Waals surface area contributed by atoms with Crippen LogP contribution >= 0.6 is 0 Å². The fourth-order valence-electron chi connectivity index (χ4n) is 3.12. The van der Waals surface area contributed by atoms with Gasteiger partial charge in [-0.05, 0) is 54.8 Å². The maximum absolute atomic E-state index is 12.1. The van der Waals surface area contributed by atoms with Crippen LogP contribution in [0, 0.1) is 11.8 Å². The summed E-state index contributed by atoms with van der Waals surface area (Å²) in [5, 5.41) is 6.49. The first kappa shape index (κ1) is 17.0. The van der Waals surface area contributed by atoms with Gasteiger partial charge in [-0.3, -0.25) is 4.79 Å². The predicted octanol–water partition coefficient (Wildman–Crippen LogP) is 3.45. The zero-order chi connectivity index (χ0) is 15.9. The second-order valence-electron chi connectivity index (χ2n) is 6.96. The molecule has 3 heteroatoms. The second-order valence-corrected chi connectivity index (χ2v) is 6.96. The molecule has 2 rings (SSSR count). The first-order chi connectivity index (χ1) is 10.6. The fraction of sp³-hybridized carbons (Fsp3) is 0.632. The van der Waals surface area contributed by atoms with Crippen LogP contribution < -0.4 is 10.6 Å². The molecule has 2 atom stereocenters. The fourth-order valence-corrected chi connectivity index (χ4v) is 3.12. The summed E-state index contributed by atoms with van der Waals surface area (Å²) in [7, 11) is 0. The average molecular weight is 302 g/mol. The number of rotatable bonds is 6. The summed E-state index contributed by atoms with van der Waals surface area (Å²) in [6.45, 7) is 9.41. The minimum atomic E-state index is 0.172. The Morgan fingerprint density at radius 1 is 1.27 bits per heavy atom. The quantitative estimate of drug-likeness (QED) is 0.845. The Hall–Kier alpha value is -1.35. The third kappa shape index (κ3) is 5.13. The number of nitrogens with one attached hydrogen (secondary N) is 2. The van der Waals surface area contributed by atoms with Gasteiger partial charge in [-0.1, -0.05) is 45.0 Å². The molecule has 1 amide bonds. The van der Waals surface area contributed by atoms with E-state index in [1.807, 2.05) is 0 Å². The van der Waals surface area contributed by atoms with E-state index >= 15 is 0 Å². The van der Waals surface area contributed by atoms with Crippen LogP contribution in [-0.2, 0) is 11.3 Å². The highest BCUT2D eigenvalue weighted by Crippen LogP contribution is 2.22. The third-order valence-electron chi connectivity index (χ3n) is 4.78. The minimum Gasteiger partial charge on any atom is -0.352 e. The van der Waals surface area contributed by atoms with Gasteiger partial charge in [0.1, 0.15) is 0 Å². The van der Waals surface area contributed by atoms with Gasteiger partial charge in [0, 0.05) is 13.0 Å². The maximum atomic E-state index is 12.1. The van der Waals surface area contributed by atoms with E-state index in [0.717, 1.165) is 13.1 Å². The number of amides is 1. The van der Waals surface area contributed by atoms with E-state index in [9.17, 15) is 4.79 Å². The third-order valence-corrected chi connectivity index (χ3v) is 4.78. The van der Waals surface area contributed by atoms with E-state index in [1.165, 1.54) is 24.0 Å². The molecule has 2 N–H and O–H groups in total. The molecule has 1 heterocycles. The van der Waals surface area contributed by atoms with Crippen LogP contribution in [0.5, 0.6) is 0 Å². The molecule has 2 unspecified atom stereocenters. The lowest BCUT2D eigenvalue weighted by Gasteiger charge is -2.28. The lowest BCUT2D eigenvalue weighted by molar-refractivity contribution is -0.122. The van der Waals surface area contributed by atoms with Crippen molar-refractivity contribution in [1.29, 1.82) is 0 Å². The number of piperidine rings is 1. The number of carbonyl (C=O) groups excluding carboxylic acids is 1. The molecule has 1 aromatic rings. The van der Waals surface area contributed by atoms with Gasteiger partial charge in [-0.25, -0.2) is 0 Å². The molecule has 1 saturated heterocycles. The zero-order valence-corrected chi connectivity index (χ0v) is 14.2. The predicted molar refractivity (Wildman–Crippen MR) is 91.8 cm³/mol. The van der Waals surface area contributed by atoms with E-state index < -0.39 is 0 Å². The van der Waals surface area contributed by atoms with Crippen molar-refractivity contribution in [3.05, 3.63) is 35.4 Å². The molecule has 0 bridgehead atoms. The summed E-state index contributed by atoms with van der Waals surface area (Å²) < 4.78 is 0. The number of carbonyl (C=O) groups is 1. The van der Waals surface area contributed by atoms with Gasteiger partial charge in [0.15, 0.2) is 0 Å². The molecule has 1 aliphatic heterocycles. The molecule has 22 heavy (non-hydrogen) atoms. The highest BCUT2D eigenvalue weighted by atomic mass is 16.1. The van der Waals surface area contributed by atoms with Gasteiger partial charge in [-0.2, -0.15) is 0 Å². The van der Waals surface area contributed by atoms with Crippen LogP contribution in [0.3, 0.4) is 0 Å². The number of hydrogen-bond donors (Lipinski definition) is 2. The van der Waals surface area contributed by atoms with Gasteiger partial charge in [0.25, 0.3) is 0 Å². The zero-order valence-electron chi connectivity index (χ0n) is 14.2. The molecule has 0 aliphatic carbocycles. The van der Waals surface area contributed by atoms with Gasteiger partial charge in [0.05, 0.1) is 0 Å². The monoisotopic (exact) mass is 302 g/mol. The van der Waals surface area contributed by atoms with Crippen molar-refractivity contribution < 1.29 is 4.79 Å². The van der Waals surface area contributed by atoms with Gasteiger partial charge < -0.3 is 10.6 Å². The topological polar surface area (TPSA) is 41.1 Å². The second kappa shape index (κ2) is 8.33. The summed E-state index contributed by atoms with van der Waals surface area (Å²) in [4.78, 5) is 12.1. The van der Waals surface area contributed by atoms with Crippen LogP contribution in [0.15, 0.2) is 24.3 Å². The molecular formula is C19H30N2O. The molecule has 0 radical (unpaired) electrons. The standard InChI is InChI=1S/C19H30N2O/c1-14(2)17-8-6-16(7-9-17)12-21-19(22)11-15(3)18-5-4-10-20-13-18/h6-9,14-15,18,20H,4-5,10-13H2,1-3H3,(H,21,22). The van der Waals surface area contributed by atoms with Crippen molar-refractivity contribution in [2.24, 2.45) is 11.8 Å². The first-order valence-corrected chi connectivity index (χ1v) is 8.62. The Balaban J connectivity index is 1.74. The largest absolute Gasteiger partial charge is 0.352 e. The van der Waals surface area contributed by atoms with E-state index in [1.54, 1.807) is 0 Å². The summed E-state index contributed by atoms with van der Waals surface area (Å²) in [5.41, 5.74) is 2.51. The van der Waals surface area contributed by atoms with E-state index in [0.29, 0.717) is 30.7 Å². The van der Waals surface area contributed by atoms with Crippen molar-refractivity contribution in [3.63, 3.8) is 0 Å². The van der Waals surface area contributed by atoms with Crippen LogP contribution in [0.1, 0.15) is 57.1 Å². The van der Waals surface area contributed by atoms with Gasteiger partial charge >= 0.3 is 0 Å². The highest BCUT2D eigenvalue weighted by molar-refractivity contribution is 5.76. The van der Waals surface area contributed by atoms with Crippen LogP contribution in [-0.4, -0.2) is 19.0 Å². The minimum absolute atomic E-state index is 0.172. The Morgan fingerprint density at radius 3 is 2.59 bits per heavy atom. The van der Waals surface area contributed by atoms with E-state index in [4.69, 9.17) is 0 Å². The highest BCUT2D eigenvalue weighted by Gasteiger charge is 2.21. The van der Waals surface area contributed by atoms with Crippen molar-refractivity contribution in [1.82, 2.24) is 10.6 Å². The van der Waals surface area contributed by atoms with Crippen molar-refractivity contribution in [2.75, 3.05) is 13.1 Å². The normalized spacial score (nSPS) is 19.9. The molecule has 3 nitrogen and oxygen atoms in total. The molecule has 1 aromatic carbocycles. The first-order valence-electron chi connectivity index (χ1n) is 8.62. The van der Waals surface area contributed by atoms with E-state index in [2.05, 4.69) is 55.7 Å². The molecular weight excluding hydrogens is 272 g/mol. The number of hydrogen-bond acceptors (Lipinski definition) is 2. The summed E-state index contributed by atoms with van der Waals surface area (Å²) >= 11 is 0. The molecule has 1 fully saturated rings. The lowest BCUT2D eigenvalue weighted by Crippen LogP contribution is -2.35. The molecule has 122 valence electrons. The maximum Gasteiger partial charge on any atom is 0.220 e. The Kier molecular flexibility index (Phi) is 6.44. The van der Waals surface area contributed by atoms with Crippen molar-refractivity contribution in [3.8, 4) is 0 Å². The summed E-state index contributed by atoms with van der Waals surface area (Å²) in [6, 6.07) is 8.54. The lowest BCUT2D eigenvalue weighted by atomic mass is 9.85. The molecule has 0 saturated carbocycles. The van der Waals surface area contributed by atoms with Crippen molar-refractivity contribution >= 4 is 5.91 Å². The Labute approximate surface area is 134 Å². The molecule has 0 spiro atoms. The van der Waals surface area contributed by atoms with E-state index in [-0.39, 0.29) is 5.91 Å². The van der Waals surface area contributed by atoms with Gasteiger partial charge in [0.2, 0.25) is 5.91 Å².